The van der Waals surface area contributed by atoms with Crippen LogP contribution >= 0.6 is 38.5 Å². The van der Waals surface area contributed by atoms with Gasteiger partial charge >= 0.3 is 0 Å². The largest absolute Gasteiger partial charge is 0.489 e. The standard InChI is InChI=1S/C13H10BrIO/c14-12-7-6-11(8-13(12)15)16-9-10-4-2-1-3-5-10/h1-8H,9H2. The zero-order valence-electron chi connectivity index (χ0n) is 8.49. The first kappa shape index (κ1) is 11.9. The summed E-state index contributed by atoms with van der Waals surface area (Å²) in [5.74, 6) is 0.899. The van der Waals surface area contributed by atoms with Gasteiger partial charge in [-0.3, -0.25) is 0 Å². The molecule has 0 atom stereocenters. The number of halogens is 2. The van der Waals surface area contributed by atoms with Crippen LogP contribution in [-0.2, 0) is 6.61 Å². The van der Waals surface area contributed by atoms with E-state index < -0.39 is 0 Å². The lowest BCUT2D eigenvalue weighted by Gasteiger charge is -2.07. The monoisotopic (exact) mass is 388 g/mol. The molecule has 0 radical (unpaired) electrons. The third-order valence-corrected chi connectivity index (χ3v) is 4.46. The number of ether oxygens (including phenoxy) is 1. The zero-order valence-corrected chi connectivity index (χ0v) is 12.2. The van der Waals surface area contributed by atoms with Gasteiger partial charge in [0.15, 0.2) is 0 Å². The first-order chi connectivity index (χ1) is 7.75. The van der Waals surface area contributed by atoms with Crippen LogP contribution in [0.2, 0.25) is 0 Å². The topological polar surface area (TPSA) is 9.23 Å². The van der Waals surface area contributed by atoms with E-state index in [2.05, 4.69) is 50.7 Å². The maximum atomic E-state index is 5.70. The van der Waals surface area contributed by atoms with Crippen molar-refractivity contribution in [3.63, 3.8) is 0 Å². The second kappa shape index (κ2) is 5.68. The van der Waals surface area contributed by atoms with E-state index >= 15 is 0 Å². The van der Waals surface area contributed by atoms with Crippen LogP contribution in [0.1, 0.15) is 5.56 Å². The van der Waals surface area contributed by atoms with E-state index in [-0.39, 0.29) is 0 Å². The average molecular weight is 389 g/mol. The quantitative estimate of drug-likeness (QED) is 0.696. The summed E-state index contributed by atoms with van der Waals surface area (Å²) >= 11 is 5.74. The molecule has 2 aromatic rings. The molecule has 2 rings (SSSR count). The van der Waals surface area contributed by atoms with Crippen LogP contribution in [-0.4, -0.2) is 0 Å². The fourth-order valence-corrected chi connectivity index (χ4v) is 2.04. The molecule has 0 heterocycles. The molecular weight excluding hydrogens is 379 g/mol. The second-order valence-corrected chi connectivity index (χ2v) is 5.37. The van der Waals surface area contributed by atoms with E-state index in [1.807, 2.05) is 36.4 Å². The highest BCUT2D eigenvalue weighted by Gasteiger charge is 1.99. The normalized spacial score (nSPS) is 10.1. The van der Waals surface area contributed by atoms with Crippen molar-refractivity contribution in [2.75, 3.05) is 0 Å². The SMILES string of the molecule is Brc1ccc(OCc2ccccc2)cc1I. The summed E-state index contributed by atoms with van der Waals surface area (Å²) in [6.07, 6.45) is 0. The molecule has 0 saturated heterocycles. The molecule has 0 bridgehead atoms. The van der Waals surface area contributed by atoms with Crippen LogP contribution in [0, 0.1) is 3.57 Å². The highest BCUT2D eigenvalue weighted by Crippen LogP contribution is 2.24. The number of hydrogen-bond donors (Lipinski definition) is 0. The van der Waals surface area contributed by atoms with Crippen molar-refractivity contribution in [2.45, 2.75) is 6.61 Å². The van der Waals surface area contributed by atoms with Gasteiger partial charge in [-0.15, -0.1) is 0 Å². The molecule has 0 aliphatic carbocycles. The molecular formula is C13H10BrIO. The predicted molar refractivity (Wildman–Crippen MR) is 77.6 cm³/mol. The zero-order chi connectivity index (χ0) is 11.4. The van der Waals surface area contributed by atoms with E-state index in [1.54, 1.807) is 0 Å². The first-order valence-electron chi connectivity index (χ1n) is 4.87. The second-order valence-electron chi connectivity index (χ2n) is 3.35. The third kappa shape index (κ3) is 3.22. The van der Waals surface area contributed by atoms with E-state index in [4.69, 9.17) is 4.74 Å². The minimum Gasteiger partial charge on any atom is -0.489 e. The summed E-state index contributed by atoms with van der Waals surface area (Å²) < 4.78 is 7.96. The lowest BCUT2D eigenvalue weighted by atomic mass is 10.2. The summed E-state index contributed by atoms with van der Waals surface area (Å²) in [6, 6.07) is 16.2. The molecule has 0 aromatic heterocycles. The molecule has 0 fully saturated rings. The maximum absolute atomic E-state index is 5.70. The van der Waals surface area contributed by atoms with Crippen LogP contribution in [0.4, 0.5) is 0 Å². The summed E-state index contributed by atoms with van der Waals surface area (Å²) in [5.41, 5.74) is 1.18. The van der Waals surface area contributed by atoms with Crippen LogP contribution < -0.4 is 4.74 Å². The lowest BCUT2D eigenvalue weighted by molar-refractivity contribution is 0.306. The van der Waals surface area contributed by atoms with Gasteiger partial charge in [-0.25, -0.2) is 0 Å². The Morgan fingerprint density at radius 3 is 2.50 bits per heavy atom. The van der Waals surface area contributed by atoms with Crippen molar-refractivity contribution in [3.8, 4) is 5.75 Å². The predicted octanol–water partition coefficient (Wildman–Crippen LogP) is 4.63. The van der Waals surface area contributed by atoms with E-state index in [0.717, 1.165) is 13.8 Å². The van der Waals surface area contributed by atoms with Crippen molar-refractivity contribution >= 4 is 38.5 Å². The molecule has 0 N–H and O–H groups in total. The minimum absolute atomic E-state index is 0.610. The van der Waals surface area contributed by atoms with Gasteiger partial charge in [0.25, 0.3) is 0 Å². The van der Waals surface area contributed by atoms with Gasteiger partial charge in [-0.2, -0.15) is 0 Å². The van der Waals surface area contributed by atoms with Gasteiger partial charge in [0.1, 0.15) is 12.4 Å². The van der Waals surface area contributed by atoms with Gasteiger partial charge in [0.05, 0.1) is 0 Å². The molecule has 3 heteroatoms. The number of rotatable bonds is 3. The fourth-order valence-electron chi connectivity index (χ4n) is 1.31. The Balaban J connectivity index is 2.03. The molecule has 2 aromatic carbocycles. The Bertz CT molecular complexity index is 471. The summed E-state index contributed by atoms with van der Waals surface area (Å²) in [4.78, 5) is 0. The summed E-state index contributed by atoms with van der Waals surface area (Å²) in [7, 11) is 0. The Morgan fingerprint density at radius 2 is 1.81 bits per heavy atom. The average Bonchev–Trinajstić information content (AvgIpc) is 2.32. The Hall–Kier alpha value is -0.550. The van der Waals surface area contributed by atoms with Crippen molar-refractivity contribution < 1.29 is 4.74 Å². The highest BCUT2D eigenvalue weighted by molar-refractivity contribution is 14.1. The lowest BCUT2D eigenvalue weighted by Crippen LogP contribution is -1.95. The maximum Gasteiger partial charge on any atom is 0.120 e. The van der Waals surface area contributed by atoms with E-state index in [9.17, 15) is 0 Å². The van der Waals surface area contributed by atoms with Gasteiger partial charge in [0, 0.05) is 8.04 Å². The van der Waals surface area contributed by atoms with Crippen LogP contribution in [0.5, 0.6) is 5.75 Å². The van der Waals surface area contributed by atoms with Gasteiger partial charge in [-0.1, -0.05) is 30.3 Å². The molecule has 1 nitrogen and oxygen atoms in total. The molecule has 0 amide bonds. The number of hydrogen-bond acceptors (Lipinski definition) is 1. The van der Waals surface area contributed by atoms with Crippen LogP contribution in [0.25, 0.3) is 0 Å². The summed E-state index contributed by atoms with van der Waals surface area (Å²) in [5, 5.41) is 0. The number of benzene rings is 2. The molecule has 0 aliphatic heterocycles. The van der Waals surface area contributed by atoms with Gasteiger partial charge in [-0.05, 0) is 62.3 Å². The van der Waals surface area contributed by atoms with Crippen LogP contribution in [0.15, 0.2) is 53.0 Å². The summed E-state index contributed by atoms with van der Waals surface area (Å²) in [6.45, 7) is 0.610. The molecule has 0 unspecified atom stereocenters. The fraction of sp³-hybridized carbons (Fsp3) is 0.0769. The van der Waals surface area contributed by atoms with E-state index in [0.29, 0.717) is 6.61 Å². The van der Waals surface area contributed by atoms with Crippen molar-refractivity contribution in [2.24, 2.45) is 0 Å². The smallest absolute Gasteiger partial charge is 0.120 e. The van der Waals surface area contributed by atoms with Gasteiger partial charge in [0.2, 0.25) is 0 Å². The van der Waals surface area contributed by atoms with Crippen molar-refractivity contribution in [1.29, 1.82) is 0 Å². The Morgan fingerprint density at radius 1 is 1.06 bits per heavy atom. The Labute approximate surface area is 117 Å². The van der Waals surface area contributed by atoms with E-state index in [1.165, 1.54) is 5.56 Å². The Kier molecular flexibility index (Phi) is 4.23. The molecule has 16 heavy (non-hydrogen) atoms. The van der Waals surface area contributed by atoms with Crippen molar-refractivity contribution in [3.05, 3.63) is 62.1 Å². The molecule has 0 spiro atoms. The third-order valence-electron chi connectivity index (χ3n) is 2.14. The van der Waals surface area contributed by atoms with Crippen LogP contribution in [0.3, 0.4) is 0 Å². The molecule has 82 valence electrons. The highest BCUT2D eigenvalue weighted by atomic mass is 127. The van der Waals surface area contributed by atoms with Crippen molar-refractivity contribution in [1.82, 2.24) is 0 Å². The van der Waals surface area contributed by atoms with Gasteiger partial charge < -0.3 is 4.74 Å². The molecule has 0 saturated carbocycles. The first-order valence-corrected chi connectivity index (χ1v) is 6.74. The molecule has 0 aliphatic rings. The minimum atomic E-state index is 0.610.